The lowest BCUT2D eigenvalue weighted by Crippen LogP contribution is -2.59. The van der Waals surface area contributed by atoms with Gasteiger partial charge in [0.2, 0.25) is 0 Å². The third-order valence-corrected chi connectivity index (χ3v) is 7.54. The third-order valence-electron chi connectivity index (χ3n) is 7.29. The summed E-state index contributed by atoms with van der Waals surface area (Å²) in [7, 11) is 0. The number of halogens is 4. The van der Waals surface area contributed by atoms with Crippen LogP contribution in [-0.2, 0) is 6.18 Å². The Morgan fingerprint density at radius 1 is 1.13 bits per heavy atom. The van der Waals surface area contributed by atoms with E-state index in [0.717, 1.165) is 19.3 Å². The highest BCUT2D eigenvalue weighted by Gasteiger charge is 2.41. The summed E-state index contributed by atoms with van der Waals surface area (Å²) in [6.45, 7) is 4.74. The lowest BCUT2D eigenvalue weighted by molar-refractivity contribution is -0.140. The zero-order chi connectivity index (χ0) is 26.9. The van der Waals surface area contributed by atoms with E-state index in [1.165, 1.54) is 12.5 Å². The molecule has 2 aliphatic rings. The SMILES string of the molecule is CC[C@H]1CN(c2ncc(-c3nnc[nH]3)nc2C(F)(F)F)CCN1C1CCN(C(=O)c2ccc(Cl)cc2)CC1. The summed E-state index contributed by atoms with van der Waals surface area (Å²) in [5.74, 6) is -0.0436. The van der Waals surface area contributed by atoms with Crippen LogP contribution < -0.4 is 4.90 Å². The van der Waals surface area contributed by atoms with Gasteiger partial charge in [-0.2, -0.15) is 13.2 Å². The van der Waals surface area contributed by atoms with Crippen molar-refractivity contribution >= 4 is 23.3 Å². The van der Waals surface area contributed by atoms with Crippen molar-refractivity contribution in [3.8, 4) is 11.5 Å². The average molecular weight is 549 g/mol. The zero-order valence-corrected chi connectivity index (χ0v) is 21.6. The predicted molar refractivity (Wildman–Crippen MR) is 136 cm³/mol. The molecule has 2 aliphatic heterocycles. The van der Waals surface area contributed by atoms with Crippen LogP contribution in [0.1, 0.15) is 42.2 Å². The van der Waals surface area contributed by atoms with Crippen molar-refractivity contribution < 1.29 is 18.0 Å². The van der Waals surface area contributed by atoms with Crippen LogP contribution in [-0.4, -0.2) is 85.7 Å². The van der Waals surface area contributed by atoms with E-state index in [9.17, 15) is 18.0 Å². The van der Waals surface area contributed by atoms with E-state index in [-0.39, 0.29) is 35.3 Å². The van der Waals surface area contributed by atoms with E-state index < -0.39 is 11.9 Å². The molecule has 1 N–H and O–H groups in total. The number of hydrogen-bond acceptors (Lipinski definition) is 7. The number of alkyl halides is 3. The minimum absolute atomic E-state index is 0.0100. The van der Waals surface area contributed by atoms with E-state index in [1.54, 1.807) is 29.2 Å². The smallest absolute Gasteiger partial charge is 0.352 e. The number of anilines is 1. The number of piperidine rings is 1. The van der Waals surface area contributed by atoms with Gasteiger partial charge < -0.3 is 14.8 Å². The molecule has 3 aromatic rings. The minimum atomic E-state index is -4.67. The monoisotopic (exact) mass is 548 g/mol. The summed E-state index contributed by atoms with van der Waals surface area (Å²) in [5.41, 5.74) is -0.420. The molecule has 202 valence electrons. The molecular weight excluding hydrogens is 521 g/mol. The normalized spacial score (nSPS) is 19.7. The molecule has 1 atom stereocenters. The molecular formula is C25H28ClF3N8O. The fraction of sp³-hybridized carbons (Fsp3) is 0.480. The van der Waals surface area contributed by atoms with Crippen LogP contribution in [0.5, 0.6) is 0 Å². The van der Waals surface area contributed by atoms with E-state index in [1.807, 2.05) is 11.8 Å². The molecule has 2 aromatic heterocycles. The molecule has 0 spiro atoms. The standard InChI is InChI=1S/C25H28ClF3N8O/c1-2-18-14-36(23-21(25(27,28)29)33-20(13-30-23)22-31-15-32-34-22)11-12-37(18)19-7-9-35(10-8-19)24(38)16-3-5-17(26)6-4-16/h3-6,13,15,18-19H,2,7-12,14H2,1H3,(H,31,32,34)/t18-/m0/s1. The lowest BCUT2D eigenvalue weighted by atomic mass is 9.97. The summed E-state index contributed by atoms with van der Waals surface area (Å²) < 4.78 is 42.0. The fourth-order valence-electron chi connectivity index (χ4n) is 5.33. The van der Waals surface area contributed by atoms with Crippen LogP contribution >= 0.6 is 11.6 Å². The van der Waals surface area contributed by atoms with E-state index >= 15 is 0 Å². The van der Waals surface area contributed by atoms with Gasteiger partial charge in [0.1, 0.15) is 12.0 Å². The third kappa shape index (κ3) is 5.46. The highest BCUT2D eigenvalue weighted by atomic mass is 35.5. The first kappa shape index (κ1) is 26.4. The Bertz CT molecular complexity index is 1250. The first-order valence-corrected chi connectivity index (χ1v) is 13.0. The molecule has 1 aromatic carbocycles. The molecule has 5 rings (SSSR count). The van der Waals surface area contributed by atoms with Crippen molar-refractivity contribution in [2.75, 3.05) is 37.6 Å². The van der Waals surface area contributed by atoms with E-state index in [2.05, 4.69) is 30.0 Å². The number of aromatic amines is 1. The first-order valence-electron chi connectivity index (χ1n) is 12.6. The van der Waals surface area contributed by atoms with Gasteiger partial charge in [0.05, 0.1) is 6.20 Å². The average Bonchev–Trinajstić information content (AvgIpc) is 3.47. The van der Waals surface area contributed by atoms with Crippen molar-refractivity contribution in [2.24, 2.45) is 0 Å². The highest BCUT2D eigenvalue weighted by molar-refractivity contribution is 6.30. The largest absolute Gasteiger partial charge is 0.437 e. The van der Waals surface area contributed by atoms with Crippen LogP contribution in [0, 0.1) is 0 Å². The van der Waals surface area contributed by atoms with Gasteiger partial charge in [-0.1, -0.05) is 18.5 Å². The number of carbonyl (C=O) groups is 1. The Morgan fingerprint density at radius 3 is 2.50 bits per heavy atom. The maximum atomic E-state index is 14.0. The predicted octanol–water partition coefficient (Wildman–Crippen LogP) is 4.14. The number of piperazine rings is 1. The number of rotatable bonds is 5. The van der Waals surface area contributed by atoms with Gasteiger partial charge in [-0.15, -0.1) is 10.2 Å². The summed E-state index contributed by atoms with van der Waals surface area (Å²) in [6, 6.07) is 7.22. The Balaban J connectivity index is 1.26. The molecule has 0 unspecified atom stereocenters. The number of benzene rings is 1. The van der Waals surface area contributed by atoms with Gasteiger partial charge in [-0.05, 0) is 43.5 Å². The number of likely N-dealkylation sites (tertiary alicyclic amines) is 1. The summed E-state index contributed by atoms with van der Waals surface area (Å²) in [4.78, 5) is 29.5. The molecule has 0 saturated carbocycles. The topological polar surface area (TPSA) is 94.1 Å². The Kier molecular flexibility index (Phi) is 7.53. The summed E-state index contributed by atoms with van der Waals surface area (Å²) in [5, 5.41) is 7.95. The molecule has 1 amide bonds. The highest BCUT2D eigenvalue weighted by Crippen LogP contribution is 2.36. The number of amides is 1. The molecule has 2 saturated heterocycles. The Labute approximate surface area is 223 Å². The van der Waals surface area contributed by atoms with Crippen molar-refractivity contribution in [2.45, 2.75) is 44.4 Å². The summed E-state index contributed by atoms with van der Waals surface area (Å²) in [6.07, 6.45) is 0.323. The number of aromatic nitrogens is 5. The number of hydrogen-bond donors (Lipinski definition) is 1. The van der Waals surface area contributed by atoms with Crippen LogP contribution in [0.25, 0.3) is 11.5 Å². The Hall–Kier alpha value is -3.25. The van der Waals surface area contributed by atoms with Crippen LogP contribution in [0.2, 0.25) is 5.02 Å². The summed E-state index contributed by atoms with van der Waals surface area (Å²) >= 11 is 5.94. The molecule has 2 fully saturated rings. The second-order valence-corrected chi connectivity index (χ2v) is 9.98. The minimum Gasteiger partial charge on any atom is -0.352 e. The molecule has 0 bridgehead atoms. The van der Waals surface area contributed by atoms with Gasteiger partial charge in [-0.25, -0.2) is 9.97 Å². The van der Waals surface area contributed by atoms with Gasteiger partial charge in [0.25, 0.3) is 5.91 Å². The van der Waals surface area contributed by atoms with E-state index in [4.69, 9.17) is 11.6 Å². The van der Waals surface area contributed by atoms with Gasteiger partial charge >= 0.3 is 6.18 Å². The molecule has 4 heterocycles. The first-order chi connectivity index (χ1) is 18.2. The second kappa shape index (κ2) is 10.9. The quantitative estimate of drug-likeness (QED) is 0.512. The molecule has 13 heteroatoms. The zero-order valence-electron chi connectivity index (χ0n) is 20.8. The number of carbonyl (C=O) groups excluding carboxylic acids is 1. The van der Waals surface area contributed by atoms with Gasteiger partial charge in [0.15, 0.2) is 17.3 Å². The van der Waals surface area contributed by atoms with Crippen molar-refractivity contribution in [3.63, 3.8) is 0 Å². The maximum absolute atomic E-state index is 14.0. The number of nitrogens with one attached hydrogen (secondary N) is 1. The second-order valence-electron chi connectivity index (χ2n) is 9.54. The lowest BCUT2D eigenvalue weighted by Gasteiger charge is -2.47. The molecule has 9 nitrogen and oxygen atoms in total. The Morgan fingerprint density at radius 2 is 1.87 bits per heavy atom. The molecule has 0 radical (unpaired) electrons. The van der Waals surface area contributed by atoms with E-state index in [0.29, 0.717) is 43.3 Å². The van der Waals surface area contributed by atoms with Gasteiger partial charge in [-0.3, -0.25) is 9.69 Å². The van der Waals surface area contributed by atoms with Crippen molar-refractivity contribution in [1.29, 1.82) is 0 Å². The van der Waals surface area contributed by atoms with Crippen LogP contribution in [0.15, 0.2) is 36.8 Å². The van der Waals surface area contributed by atoms with Crippen molar-refractivity contribution in [1.82, 2.24) is 34.9 Å². The molecule has 38 heavy (non-hydrogen) atoms. The van der Waals surface area contributed by atoms with Crippen LogP contribution in [0.4, 0.5) is 19.0 Å². The van der Waals surface area contributed by atoms with Crippen LogP contribution in [0.3, 0.4) is 0 Å². The maximum Gasteiger partial charge on any atom is 0.437 e. The number of nitrogens with zero attached hydrogens (tertiary/aromatic N) is 7. The fourth-order valence-corrected chi connectivity index (χ4v) is 5.46. The van der Waals surface area contributed by atoms with Crippen molar-refractivity contribution in [3.05, 3.63) is 53.1 Å². The molecule has 0 aliphatic carbocycles. The van der Waals surface area contributed by atoms with Gasteiger partial charge in [0, 0.05) is 55.4 Å². The number of H-pyrrole nitrogens is 1.